The minimum atomic E-state index is -0.921. The zero-order valence-corrected chi connectivity index (χ0v) is 14.7. The Morgan fingerprint density at radius 3 is 2.88 bits per heavy atom. The van der Waals surface area contributed by atoms with Gasteiger partial charge in [0.15, 0.2) is 6.04 Å². The zero-order valence-electron chi connectivity index (χ0n) is 13.9. The average molecular weight is 353 g/mol. The first-order chi connectivity index (χ1) is 12.1. The molecule has 0 spiro atoms. The number of nitrogens with zero attached hydrogens (tertiary/aromatic N) is 2. The number of rotatable bonds is 4. The van der Waals surface area contributed by atoms with Crippen LogP contribution in [-0.2, 0) is 17.6 Å². The number of nitrogens with one attached hydrogen (secondary N) is 1. The van der Waals surface area contributed by atoms with Gasteiger partial charge in [-0.2, -0.15) is 0 Å². The molecule has 6 heteroatoms. The van der Waals surface area contributed by atoms with Crippen LogP contribution >= 0.6 is 11.3 Å². The summed E-state index contributed by atoms with van der Waals surface area (Å²) in [6.45, 7) is 2.27. The van der Waals surface area contributed by atoms with Crippen molar-refractivity contribution in [3.63, 3.8) is 0 Å². The van der Waals surface area contributed by atoms with E-state index in [0.29, 0.717) is 17.3 Å². The lowest BCUT2D eigenvalue weighted by atomic mass is 9.89. The van der Waals surface area contributed by atoms with Crippen LogP contribution in [0.4, 0.5) is 5.82 Å². The highest BCUT2D eigenvalue weighted by Gasteiger charge is 2.26. The van der Waals surface area contributed by atoms with Crippen molar-refractivity contribution >= 4 is 33.3 Å². The molecule has 2 unspecified atom stereocenters. The van der Waals surface area contributed by atoms with E-state index < -0.39 is 12.0 Å². The Bertz CT molecular complexity index is 923. The maximum Gasteiger partial charge on any atom is 0.330 e. The van der Waals surface area contributed by atoms with E-state index in [1.54, 1.807) is 11.3 Å². The van der Waals surface area contributed by atoms with Gasteiger partial charge in [0.05, 0.1) is 5.39 Å². The van der Waals surface area contributed by atoms with Crippen molar-refractivity contribution < 1.29 is 9.90 Å². The number of thiophene rings is 1. The molecule has 2 atom stereocenters. The van der Waals surface area contributed by atoms with Crippen molar-refractivity contribution in [2.45, 2.75) is 32.2 Å². The van der Waals surface area contributed by atoms with Gasteiger partial charge in [0, 0.05) is 4.88 Å². The van der Waals surface area contributed by atoms with E-state index in [2.05, 4.69) is 22.2 Å². The molecule has 0 saturated heterocycles. The predicted octanol–water partition coefficient (Wildman–Crippen LogP) is 4.05. The van der Waals surface area contributed by atoms with E-state index in [0.717, 1.165) is 29.5 Å². The van der Waals surface area contributed by atoms with Crippen molar-refractivity contribution in [2.24, 2.45) is 5.92 Å². The first kappa shape index (κ1) is 16.0. The Hall–Kier alpha value is -2.47. The van der Waals surface area contributed by atoms with Gasteiger partial charge in [-0.1, -0.05) is 37.3 Å². The second kappa shape index (κ2) is 6.44. The normalized spacial score (nSPS) is 17.9. The number of carboxylic acid groups (broad SMARTS) is 1. The molecule has 2 heterocycles. The quantitative estimate of drug-likeness (QED) is 0.740. The second-order valence-corrected chi connectivity index (χ2v) is 7.66. The third kappa shape index (κ3) is 2.98. The van der Waals surface area contributed by atoms with Gasteiger partial charge < -0.3 is 10.4 Å². The molecule has 2 N–H and O–H groups in total. The maximum absolute atomic E-state index is 11.8. The Labute approximate surface area is 149 Å². The number of carbonyl (C=O) groups is 1. The average Bonchev–Trinajstić information content (AvgIpc) is 2.98. The van der Waals surface area contributed by atoms with E-state index in [1.807, 2.05) is 30.3 Å². The minimum absolute atomic E-state index is 0.619. The molecule has 1 aromatic carbocycles. The van der Waals surface area contributed by atoms with E-state index in [4.69, 9.17) is 0 Å². The number of hydrogen-bond acceptors (Lipinski definition) is 5. The summed E-state index contributed by atoms with van der Waals surface area (Å²) in [7, 11) is 0. The van der Waals surface area contributed by atoms with E-state index in [9.17, 15) is 9.90 Å². The molecule has 0 fully saturated rings. The number of aliphatic carboxylic acids is 1. The molecule has 0 amide bonds. The molecule has 4 rings (SSSR count). The van der Waals surface area contributed by atoms with Gasteiger partial charge in [-0.3, -0.25) is 0 Å². The highest BCUT2D eigenvalue weighted by Crippen LogP contribution is 2.40. The summed E-state index contributed by atoms with van der Waals surface area (Å²) >= 11 is 1.71. The topological polar surface area (TPSA) is 75.1 Å². The molecule has 5 nitrogen and oxygen atoms in total. The van der Waals surface area contributed by atoms with Gasteiger partial charge in [0.2, 0.25) is 0 Å². The van der Waals surface area contributed by atoms with Gasteiger partial charge in [-0.25, -0.2) is 14.8 Å². The molecule has 128 valence electrons. The van der Waals surface area contributed by atoms with Crippen LogP contribution in [0.5, 0.6) is 0 Å². The van der Waals surface area contributed by atoms with Gasteiger partial charge in [0.25, 0.3) is 0 Å². The monoisotopic (exact) mass is 353 g/mol. The fraction of sp³-hybridized carbons (Fsp3) is 0.316. The van der Waals surface area contributed by atoms with Crippen LogP contribution in [0.15, 0.2) is 36.7 Å². The largest absolute Gasteiger partial charge is 0.479 e. The third-order valence-corrected chi connectivity index (χ3v) is 5.91. The first-order valence-corrected chi connectivity index (χ1v) is 9.24. The smallest absolute Gasteiger partial charge is 0.330 e. The van der Waals surface area contributed by atoms with Crippen LogP contribution < -0.4 is 5.32 Å². The molecule has 1 aliphatic rings. The Morgan fingerprint density at radius 2 is 2.12 bits per heavy atom. The molecule has 0 bridgehead atoms. The van der Waals surface area contributed by atoms with Crippen LogP contribution in [0.3, 0.4) is 0 Å². The standard InChI is InChI=1S/C19H19N3O2S/c1-11-7-8-13-14(9-11)25-18-15(13)17(20-10-21-18)22-16(19(23)24)12-5-3-2-4-6-12/h2-6,10-11,16H,7-9H2,1H3,(H,23,24)(H,20,21,22). The lowest BCUT2D eigenvalue weighted by Gasteiger charge is -2.19. The second-order valence-electron chi connectivity index (χ2n) is 6.58. The molecule has 2 aromatic heterocycles. The first-order valence-electron chi connectivity index (χ1n) is 8.43. The highest BCUT2D eigenvalue weighted by molar-refractivity contribution is 7.19. The molecular weight excluding hydrogens is 334 g/mol. The van der Waals surface area contributed by atoms with Crippen molar-refractivity contribution in [3.8, 4) is 0 Å². The van der Waals surface area contributed by atoms with Crippen LogP contribution in [0.25, 0.3) is 10.2 Å². The third-order valence-electron chi connectivity index (χ3n) is 4.75. The summed E-state index contributed by atoms with van der Waals surface area (Å²) in [6, 6.07) is 8.36. The highest BCUT2D eigenvalue weighted by atomic mass is 32.1. The van der Waals surface area contributed by atoms with Gasteiger partial charge >= 0.3 is 5.97 Å². The molecule has 3 aromatic rings. The van der Waals surface area contributed by atoms with Gasteiger partial charge in [0.1, 0.15) is 17.0 Å². The van der Waals surface area contributed by atoms with E-state index in [-0.39, 0.29) is 0 Å². The van der Waals surface area contributed by atoms with E-state index >= 15 is 0 Å². The van der Waals surface area contributed by atoms with E-state index in [1.165, 1.54) is 16.8 Å². The number of carboxylic acids is 1. The molecule has 0 radical (unpaired) electrons. The Kier molecular flexibility index (Phi) is 4.13. The number of benzene rings is 1. The number of aryl methyl sites for hydroxylation is 1. The maximum atomic E-state index is 11.8. The fourth-order valence-corrected chi connectivity index (χ4v) is 4.80. The predicted molar refractivity (Wildman–Crippen MR) is 99.0 cm³/mol. The molecule has 25 heavy (non-hydrogen) atoms. The number of anilines is 1. The Balaban J connectivity index is 1.77. The van der Waals surface area contributed by atoms with Gasteiger partial charge in [-0.15, -0.1) is 11.3 Å². The summed E-state index contributed by atoms with van der Waals surface area (Å²) in [5.74, 6) is 0.380. The summed E-state index contributed by atoms with van der Waals surface area (Å²) < 4.78 is 0. The molecule has 0 saturated carbocycles. The SMILES string of the molecule is CC1CCc2c(sc3ncnc(NC(C(=O)O)c4ccccc4)c23)C1. The molecule has 0 aliphatic heterocycles. The van der Waals surface area contributed by atoms with Crippen LogP contribution in [0.2, 0.25) is 0 Å². The number of fused-ring (bicyclic) bond motifs is 3. The summed E-state index contributed by atoms with van der Waals surface area (Å²) in [5, 5.41) is 13.8. The number of hydrogen-bond donors (Lipinski definition) is 2. The minimum Gasteiger partial charge on any atom is -0.479 e. The molecular formula is C19H19N3O2S. The van der Waals surface area contributed by atoms with Gasteiger partial charge in [-0.05, 0) is 36.3 Å². The van der Waals surface area contributed by atoms with Crippen LogP contribution in [0.1, 0.15) is 35.4 Å². The zero-order chi connectivity index (χ0) is 17.4. The van der Waals surface area contributed by atoms with Crippen LogP contribution in [-0.4, -0.2) is 21.0 Å². The summed E-state index contributed by atoms with van der Waals surface area (Å²) in [4.78, 5) is 22.9. The lowest BCUT2D eigenvalue weighted by molar-refractivity contribution is -0.138. The van der Waals surface area contributed by atoms with Crippen molar-refractivity contribution in [1.82, 2.24) is 9.97 Å². The summed E-state index contributed by atoms with van der Waals surface area (Å²) in [6.07, 6.45) is 4.73. The van der Waals surface area contributed by atoms with Crippen molar-refractivity contribution in [3.05, 3.63) is 52.7 Å². The molecule has 1 aliphatic carbocycles. The Morgan fingerprint density at radius 1 is 1.32 bits per heavy atom. The summed E-state index contributed by atoms with van der Waals surface area (Å²) in [5.41, 5.74) is 2.00. The lowest BCUT2D eigenvalue weighted by Crippen LogP contribution is -2.21. The number of aromatic nitrogens is 2. The van der Waals surface area contributed by atoms with Crippen LogP contribution in [0, 0.1) is 5.92 Å². The van der Waals surface area contributed by atoms with Crippen molar-refractivity contribution in [1.29, 1.82) is 0 Å². The van der Waals surface area contributed by atoms with Crippen molar-refractivity contribution in [2.75, 3.05) is 5.32 Å². The fourth-order valence-electron chi connectivity index (χ4n) is 3.45.